The number of rotatable bonds is 4. The maximum absolute atomic E-state index is 12.2. The van der Waals surface area contributed by atoms with Crippen LogP contribution in [0.3, 0.4) is 0 Å². The Morgan fingerprint density at radius 3 is 2.75 bits per heavy atom. The van der Waals surface area contributed by atoms with Crippen LogP contribution >= 0.6 is 15.9 Å². The van der Waals surface area contributed by atoms with Crippen molar-refractivity contribution in [1.82, 2.24) is 9.78 Å². The van der Waals surface area contributed by atoms with Crippen LogP contribution in [0.1, 0.15) is 43.0 Å². The van der Waals surface area contributed by atoms with E-state index >= 15 is 0 Å². The van der Waals surface area contributed by atoms with E-state index < -0.39 is 0 Å². The first-order valence-corrected chi connectivity index (χ1v) is 6.77. The van der Waals surface area contributed by atoms with E-state index in [1.165, 1.54) is 12.8 Å². The highest BCUT2D eigenvalue weighted by Crippen LogP contribution is 2.28. The van der Waals surface area contributed by atoms with Crippen molar-refractivity contribution in [2.45, 2.75) is 43.7 Å². The average Bonchev–Trinajstić information content (AvgIpc) is 2.89. The fourth-order valence-electron chi connectivity index (χ4n) is 2.36. The molecule has 0 atom stereocenters. The Morgan fingerprint density at radius 2 is 2.19 bits per heavy atom. The molecule has 4 nitrogen and oxygen atoms in total. The third kappa shape index (κ3) is 2.11. The molecule has 1 fully saturated rings. The Kier molecular flexibility index (Phi) is 3.86. The normalized spacial score (nSPS) is 17.1. The van der Waals surface area contributed by atoms with Gasteiger partial charge in [0.2, 0.25) is 0 Å². The second-order valence-corrected chi connectivity index (χ2v) is 4.81. The van der Waals surface area contributed by atoms with Crippen LogP contribution in [0.4, 0.5) is 0 Å². The third-order valence-electron chi connectivity index (χ3n) is 3.21. The summed E-state index contributed by atoms with van der Waals surface area (Å²) in [5, 5.41) is 3.87. The Hall–Kier alpha value is -0.550. The number of alkyl halides is 1. The Bertz CT molecular complexity index is 405. The van der Waals surface area contributed by atoms with Crippen LogP contribution in [0.25, 0.3) is 0 Å². The van der Waals surface area contributed by atoms with E-state index in [0.29, 0.717) is 18.0 Å². The van der Waals surface area contributed by atoms with Crippen molar-refractivity contribution in [2.24, 2.45) is 0 Å². The van der Waals surface area contributed by atoms with Gasteiger partial charge in [0.05, 0.1) is 23.9 Å². The summed E-state index contributed by atoms with van der Waals surface area (Å²) in [6.07, 6.45) is 4.65. The zero-order valence-corrected chi connectivity index (χ0v) is 11.0. The molecule has 1 aromatic rings. The van der Waals surface area contributed by atoms with Crippen LogP contribution in [-0.2, 0) is 16.7 Å². The van der Waals surface area contributed by atoms with E-state index in [1.54, 1.807) is 11.8 Å². The fourth-order valence-corrected chi connectivity index (χ4v) is 2.83. The summed E-state index contributed by atoms with van der Waals surface area (Å²) in [7, 11) is 1.62. The zero-order valence-electron chi connectivity index (χ0n) is 9.46. The molecule has 0 aliphatic heterocycles. The molecule has 0 saturated heterocycles. The van der Waals surface area contributed by atoms with Crippen molar-refractivity contribution in [3.63, 3.8) is 0 Å². The molecule has 1 aliphatic rings. The average molecular weight is 289 g/mol. The molecule has 90 valence electrons. The van der Waals surface area contributed by atoms with Crippen LogP contribution < -0.4 is 5.56 Å². The van der Waals surface area contributed by atoms with Gasteiger partial charge in [-0.3, -0.25) is 9.89 Å². The maximum Gasteiger partial charge on any atom is 0.272 e. The molecule has 2 rings (SSSR count). The summed E-state index contributed by atoms with van der Waals surface area (Å²) < 4.78 is 6.86. The summed E-state index contributed by atoms with van der Waals surface area (Å²) in [6, 6.07) is 0.357. The van der Waals surface area contributed by atoms with Gasteiger partial charge in [0.1, 0.15) is 0 Å². The standard InChI is InChI=1S/C11H17BrN2O2/c1-16-7-9-10(6-12)13-14(11(9)15)8-4-2-3-5-8/h8,13H,2-7H2,1H3. The van der Waals surface area contributed by atoms with Crippen LogP contribution in [0.15, 0.2) is 4.79 Å². The van der Waals surface area contributed by atoms with Gasteiger partial charge in [-0.05, 0) is 12.8 Å². The monoisotopic (exact) mass is 288 g/mol. The van der Waals surface area contributed by atoms with Crippen LogP contribution in [-0.4, -0.2) is 16.9 Å². The van der Waals surface area contributed by atoms with E-state index in [9.17, 15) is 4.79 Å². The molecule has 0 radical (unpaired) electrons. The first-order chi connectivity index (χ1) is 7.77. The number of ether oxygens (including phenoxy) is 1. The van der Waals surface area contributed by atoms with E-state index in [-0.39, 0.29) is 5.56 Å². The quantitative estimate of drug-likeness (QED) is 0.865. The number of hydrogen-bond acceptors (Lipinski definition) is 2. The van der Waals surface area contributed by atoms with Crippen LogP contribution in [0.2, 0.25) is 0 Å². The van der Waals surface area contributed by atoms with E-state index in [4.69, 9.17) is 4.74 Å². The van der Waals surface area contributed by atoms with Crippen molar-refractivity contribution in [2.75, 3.05) is 7.11 Å². The highest BCUT2D eigenvalue weighted by atomic mass is 79.9. The Morgan fingerprint density at radius 1 is 1.50 bits per heavy atom. The van der Waals surface area contributed by atoms with Gasteiger partial charge in [0.25, 0.3) is 5.56 Å². The van der Waals surface area contributed by atoms with Gasteiger partial charge in [-0.2, -0.15) is 0 Å². The van der Waals surface area contributed by atoms with E-state index in [0.717, 1.165) is 24.1 Å². The second kappa shape index (κ2) is 5.19. The first kappa shape index (κ1) is 11.9. The zero-order chi connectivity index (χ0) is 11.5. The van der Waals surface area contributed by atoms with Gasteiger partial charge < -0.3 is 4.74 Å². The molecule has 0 spiro atoms. The summed E-state index contributed by atoms with van der Waals surface area (Å²) in [5.74, 6) is 0. The van der Waals surface area contributed by atoms with Crippen molar-refractivity contribution in [1.29, 1.82) is 0 Å². The lowest BCUT2D eigenvalue weighted by molar-refractivity contribution is 0.183. The molecule has 1 aliphatic carbocycles. The Balaban J connectivity index is 2.35. The van der Waals surface area contributed by atoms with Crippen molar-refractivity contribution in [3.8, 4) is 0 Å². The summed E-state index contributed by atoms with van der Waals surface area (Å²) >= 11 is 3.40. The number of hydrogen-bond donors (Lipinski definition) is 1. The van der Waals surface area contributed by atoms with Gasteiger partial charge in [0.15, 0.2) is 0 Å². The van der Waals surface area contributed by atoms with Crippen LogP contribution in [0, 0.1) is 0 Å². The van der Waals surface area contributed by atoms with Crippen molar-refractivity contribution in [3.05, 3.63) is 21.6 Å². The molecule has 0 aromatic carbocycles. The topological polar surface area (TPSA) is 47.0 Å². The molecule has 5 heteroatoms. The molecular formula is C11H17BrN2O2. The minimum Gasteiger partial charge on any atom is -0.380 e. The number of aromatic amines is 1. The molecule has 0 bridgehead atoms. The maximum atomic E-state index is 12.2. The van der Waals surface area contributed by atoms with Crippen LogP contribution in [0.5, 0.6) is 0 Å². The van der Waals surface area contributed by atoms with E-state index in [2.05, 4.69) is 21.0 Å². The fraction of sp³-hybridized carbons (Fsp3) is 0.727. The summed E-state index contributed by atoms with van der Waals surface area (Å²) in [4.78, 5) is 12.2. The number of aromatic nitrogens is 2. The SMILES string of the molecule is COCc1c(CBr)[nH]n(C2CCCC2)c1=O. The van der Waals surface area contributed by atoms with Gasteiger partial charge in [-0.15, -0.1) is 0 Å². The van der Waals surface area contributed by atoms with Crippen molar-refractivity contribution >= 4 is 15.9 Å². The number of nitrogens with zero attached hydrogens (tertiary/aromatic N) is 1. The van der Waals surface area contributed by atoms with Gasteiger partial charge >= 0.3 is 0 Å². The van der Waals surface area contributed by atoms with Crippen molar-refractivity contribution < 1.29 is 4.74 Å². The molecule has 1 heterocycles. The minimum absolute atomic E-state index is 0.0863. The molecule has 0 amide bonds. The summed E-state index contributed by atoms with van der Waals surface area (Å²) in [5.41, 5.74) is 1.79. The lowest BCUT2D eigenvalue weighted by Crippen LogP contribution is -2.22. The predicted molar refractivity (Wildman–Crippen MR) is 65.9 cm³/mol. The first-order valence-electron chi connectivity index (χ1n) is 5.65. The summed E-state index contributed by atoms with van der Waals surface area (Å²) in [6.45, 7) is 0.385. The minimum atomic E-state index is 0.0863. The molecule has 16 heavy (non-hydrogen) atoms. The third-order valence-corrected chi connectivity index (χ3v) is 3.77. The van der Waals surface area contributed by atoms with Gasteiger partial charge in [-0.25, -0.2) is 4.68 Å². The highest BCUT2D eigenvalue weighted by molar-refractivity contribution is 9.08. The Labute approximate surface area is 103 Å². The predicted octanol–water partition coefficient (Wildman–Crippen LogP) is 2.33. The number of halogens is 1. The molecule has 1 aromatic heterocycles. The van der Waals surface area contributed by atoms with E-state index in [1.807, 2.05) is 0 Å². The lowest BCUT2D eigenvalue weighted by Gasteiger charge is -2.09. The molecule has 1 N–H and O–H groups in total. The number of methoxy groups -OCH3 is 1. The van der Waals surface area contributed by atoms with Gasteiger partial charge in [0, 0.05) is 12.4 Å². The van der Waals surface area contributed by atoms with Gasteiger partial charge in [-0.1, -0.05) is 28.8 Å². The number of nitrogens with one attached hydrogen (secondary N) is 1. The second-order valence-electron chi connectivity index (χ2n) is 4.25. The lowest BCUT2D eigenvalue weighted by atomic mass is 10.2. The smallest absolute Gasteiger partial charge is 0.272 e. The molecule has 0 unspecified atom stereocenters. The number of H-pyrrole nitrogens is 1. The largest absolute Gasteiger partial charge is 0.380 e. The highest BCUT2D eigenvalue weighted by Gasteiger charge is 2.22. The molecular weight excluding hydrogens is 272 g/mol. The molecule has 1 saturated carbocycles.